The number of cyclic esters (lactones) is 1. The van der Waals surface area contributed by atoms with Gasteiger partial charge >= 0.3 is 6.09 Å². The molecule has 0 aromatic rings. The molecule has 108 valence electrons. The molecule has 0 aliphatic carbocycles. The van der Waals surface area contributed by atoms with Crippen molar-refractivity contribution >= 4 is 6.09 Å². The minimum Gasteiger partial charge on any atom is -0.441 e. The van der Waals surface area contributed by atoms with Crippen LogP contribution in [0.25, 0.3) is 0 Å². The smallest absolute Gasteiger partial charge is 0.410 e. The second-order valence-corrected chi connectivity index (χ2v) is 4.14. The molecular weight excluding hydrogens is 234 g/mol. The summed E-state index contributed by atoms with van der Waals surface area (Å²) in [6.45, 7) is 6.81. The Bertz CT molecular complexity index is 237. The summed E-state index contributed by atoms with van der Waals surface area (Å²) in [5.74, 6) is 0. The zero-order valence-electron chi connectivity index (χ0n) is 11.6. The van der Waals surface area contributed by atoms with Crippen molar-refractivity contribution in [2.45, 2.75) is 51.8 Å². The number of rotatable bonds is 6. The summed E-state index contributed by atoms with van der Waals surface area (Å²) in [4.78, 5) is 13.2. The number of carbonyl (C=O) groups excluding carboxylic acids is 1. The predicted octanol–water partition coefficient (Wildman–Crippen LogP) is 0.280. The SMILES string of the molecule is CC.CC(N)C1C(CO)OC(=O)N1CCCCN. The number of ether oxygens (including phenoxy) is 1. The lowest BCUT2D eigenvalue weighted by molar-refractivity contribution is 0.0791. The van der Waals surface area contributed by atoms with E-state index in [4.69, 9.17) is 21.3 Å². The summed E-state index contributed by atoms with van der Waals surface area (Å²) in [5, 5.41) is 9.11. The van der Waals surface area contributed by atoms with E-state index < -0.39 is 12.2 Å². The Hall–Kier alpha value is -0.850. The molecule has 0 spiro atoms. The summed E-state index contributed by atoms with van der Waals surface area (Å²) in [5.41, 5.74) is 11.2. The number of hydrogen-bond donors (Lipinski definition) is 3. The second kappa shape index (κ2) is 9.13. The Morgan fingerprint density at radius 3 is 2.50 bits per heavy atom. The van der Waals surface area contributed by atoms with Crippen molar-refractivity contribution in [3.05, 3.63) is 0 Å². The number of unbranched alkanes of at least 4 members (excludes halogenated alkanes) is 1. The maximum atomic E-state index is 11.6. The van der Waals surface area contributed by atoms with Crippen molar-refractivity contribution in [3.8, 4) is 0 Å². The van der Waals surface area contributed by atoms with Gasteiger partial charge in [0.2, 0.25) is 0 Å². The molecule has 0 saturated carbocycles. The van der Waals surface area contributed by atoms with Gasteiger partial charge in [-0.3, -0.25) is 4.90 Å². The Kier molecular flexibility index (Phi) is 8.70. The molecule has 3 atom stereocenters. The molecule has 1 fully saturated rings. The van der Waals surface area contributed by atoms with Crippen LogP contribution in [0.4, 0.5) is 4.79 Å². The van der Waals surface area contributed by atoms with E-state index in [1.807, 2.05) is 20.8 Å². The maximum Gasteiger partial charge on any atom is 0.410 e. The molecule has 5 N–H and O–H groups in total. The lowest BCUT2D eigenvalue weighted by Crippen LogP contribution is -2.49. The Balaban J connectivity index is 0.00000137. The van der Waals surface area contributed by atoms with Crippen LogP contribution in [0.1, 0.15) is 33.6 Å². The number of carbonyl (C=O) groups is 1. The van der Waals surface area contributed by atoms with Crippen molar-refractivity contribution in [2.24, 2.45) is 11.5 Å². The number of hydrogen-bond acceptors (Lipinski definition) is 5. The number of aliphatic hydroxyl groups excluding tert-OH is 1. The van der Waals surface area contributed by atoms with E-state index in [0.29, 0.717) is 13.1 Å². The standard InChI is InChI=1S/C10H21N3O3.C2H6/c1-7(12)9-8(6-14)16-10(15)13(9)5-3-2-4-11;1-2/h7-9,14H,2-6,11-12H2,1H3;1-2H3. The van der Waals surface area contributed by atoms with E-state index in [1.165, 1.54) is 0 Å². The molecule has 0 aromatic heterocycles. The van der Waals surface area contributed by atoms with Gasteiger partial charge in [-0.25, -0.2) is 4.79 Å². The van der Waals surface area contributed by atoms with Gasteiger partial charge < -0.3 is 21.3 Å². The first-order valence-corrected chi connectivity index (χ1v) is 6.65. The molecule has 3 unspecified atom stereocenters. The fraction of sp³-hybridized carbons (Fsp3) is 0.917. The lowest BCUT2D eigenvalue weighted by Gasteiger charge is -2.26. The Labute approximate surface area is 109 Å². The van der Waals surface area contributed by atoms with Crippen LogP contribution in [0.15, 0.2) is 0 Å². The van der Waals surface area contributed by atoms with Gasteiger partial charge in [0, 0.05) is 12.6 Å². The highest BCUT2D eigenvalue weighted by atomic mass is 16.6. The summed E-state index contributed by atoms with van der Waals surface area (Å²) in [6, 6.07) is -0.461. The van der Waals surface area contributed by atoms with E-state index in [0.717, 1.165) is 12.8 Å². The summed E-state index contributed by atoms with van der Waals surface area (Å²) >= 11 is 0. The van der Waals surface area contributed by atoms with E-state index in [-0.39, 0.29) is 18.7 Å². The molecule has 0 radical (unpaired) electrons. The first kappa shape index (κ1) is 17.2. The molecule has 18 heavy (non-hydrogen) atoms. The van der Waals surface area contributed by atoms with Gasteiger partial charge in [0.05, 0.1) is 12.6 Å². The first-order chi connectivity index (χ1) is 8.61. The molecule has 1 amide bonds. The highest BCUT2D eigenvalue weighted by molar-refractivity contribution is 5.70. The first-order valence-electron chi connectivity index (χ1n) is 6.65. The van der Waals surface area contributed by atoms with Crippen LogP contribution in [0, 0.1) is 0 Å². The van der Waals surface area contributed by atoms with Gasteiger partial charge in [-0.15, -0.1) is 0 Å². The fourth-order valence-corrected chi connectivity index (χ4v) is 2.02. The zero-order valence-corrected chi connectivity index (χ0v) is 11.6. The van der Waals surface area contributed by atoms with Crippen LogP contribution in [-0.4, -0.2) is 54.0 Å². The van der Waals surface area contributed by atoms with Crippen LogP contribution in [-0.2, 0) is 4.74 Å². The highest BCUT2D eigenvalue weighted by Gasteiger charge is 2.42. The van der Waals surface area contributed by atoms with Crippen LogP contribution in [0.5, 0.6) is 0 Å². The quantitative estimate of drug-likeness (QED) is 0.596. The molecule has 0 bridgehead atoms. The molecule has 1 saturated heterocycles. The number of nitrogens with zero attached hydrogens (tertiary/aromatic N) is 1. The van der Waals surface area contributed by atoms with Crippen LogP contribution < -0.4 is 11.5 Å². The normalized spacial score (nSPS) is 24.3. The summed E-state index contributed by atoms with van der Waals surface area (Å²) in [7, 11) is 0. The zero-order chi connectivity index (χ0) is 14.1. The van der Waals surface area contributed by atoms with Gasteiger partial charge in [0.1, 0.15) is 6.10 Å². The topological polar surface area (TPSA) is 102 Å². The molecule has 1 heterocycles. The van der Waals surface area contributed by atoms with Crippen molar-refractivity contribution in [3.63, 3.8) is 0 Å². The minimum atomic E-state index is -0.509. The van der Waals surface area contributed by atoms with Crippen molar-refractivity contribution in [1.82, 2.24) is 4.90 Å². The van der Waals surface area contributed by atoms with Crippen molar-refractivity contribution in [2.75, 3.05) is 19.7 Å². The third-order valence-corrected chi connectivity index (χ3v) is 2.80. The van der Waals surface area contributed by atoms with Crippen molar-refractivity contribution in [1.29, 1.82) is 0 Å². The average molecular weight is 261 g/mol. The monoisotopic (exact) mass is 261 g/mol. The number of aliphatic hydroxyl groups is 1. The second-order valence-electron chi connectivity index (χ2n) is 4.14. The van der Waals surface area contributed by atoms with Gasteiger partial charge in [-0.05, 0) is 26.3 Å². The van der Waals surface area contributed by atoms with Gasteiger partial charge in [-0.2, -0.15) is 0 Å². The predicted molar refractivity (Wildman–Crippen MR) is 71.1 cm³/mol. The Morgan fingerprint density at radius 1 is 1.44 bits per heavy atom. The van der Waals surface area contributed by atoms with E-state index in [1.54, 1.807) is 4.90 Å². The van der Waals surface area contributed by atoms with E-state index >= 15 is 0 Å². The molecule has 1 rings (SSSR count). The third-order valence-electron chi connectivity index (χ3n) is 2.80. The molecular formula is C12H27N3O3. The van der Waals surface area contributed by atoms with Crippen molar-refractivity contribution < 1.29 is 14.6 Å². The maximum absolute atomic E-state index is 11.6. The lowest BCUT2D eigenvalue weighted by atomic mass is 10.0. The van der Waals surface area contributed by atoms with Gasteiger partial charge in [0.25, 0.3) is 0 Å². The summed E-state index contributed by atoms with van der Waals surface area (Å²) in [6.07, 6.45) is 0.787. The molecule has 0 aromatic carbocycles. The highest BCUT2D eigenvalue weighted by Crippen LogP contribution is 2.21. The van der Waals surface area contributed by atoms with E-state index in [2.05, 4.69) is 0 Å². The van der Waals surface area contributed by atoms with Gasteiger partial charge in [-0.1, -0.05) is 13.8 Å². The van der Waals surface area contributed by atoms with E-state index in [9.17, 15) is 4.79 Å². The van der Waals surface area contributed by atoms with Crippen LogP contribution >= 0.6 is 0 Å². The Morgan fingerprint density at radius 2 is 2.06 bits per heavy atom. The third kappa shape index (κ3) is 4.44. The van der Waals surface area contributed by atoms with Crippen LogP contribution in [0.2, 0.25) is 0 Å². The average Bonchev–Trinajstić information content (AvgIpc) is 2.69. The van der Waals surface area contributed by atoms with Gasteiger partial charge in [0.15, 0.2) is 0 Å². The summed E-state index contributed by atoms with van der Waals surface area (Å²) < 4.78 is 5.05. The number of amides is 1. The fourth-order valence-electron chi connectivity index (χ4n) is 2.02. The number of nitrogens with two attached hydrogens (primary N) is 2. The minimum absolute atomic E-state index is 0.189. The molecule has 1 aliphatic heterocycles. The van der Waals surface area contributed by atoms with Crippen LogP contribution in [0.3, 0.4) is 0 Å². The molecule has 6 nitrogen and oxygen atoms in total. The largest absolute Gasteiger partial charge is 0.441 e. The molecule has 1 aliphatic rings. The molecule has 6 heteroatoms.